The number of carbonyl (C=O) groups excluding carboxylic acids is 3. The van der Waals surface area contributed by atoms with E-state index in [1.807, 2.05) is 36.1 Å². The number of amides is 3. The van der Waals surface area contributed by atoms with Crippen molar-refractivity contribution in [3.05, 3.63) is 39.8 Å². The highest BCUT2D eigenvalue weighted by Crippen LogP contribution is 2.23. The molecule has 2 aliphatic rings. The molecule has 3 amide bonds. The van der Waals surface area contributed by atoms with Gasteiger partial charge in [-0.3, -0.25) is 14.4 Å². The lowest BCUT2D eigenvalue weighted by atomic mass is 9.96. The highest BCUT2D eigenvalue weighted by atomic mass is 32.1. The Hall–Kier alpha value is -2.81. The van der Waals surface area contributed by atoms with Crippen LogP contribution in [-0.4, -0.2) is 63.9 Å². The molecule has 3 heterocycles. The number of hydrogen-bond acceptors (Lipinski definition) is 6. The van der Waals surface area contributed by atoms with Crippen LogP contribution in [0, 0.1) is 12.8 Å². The molecule has 1 aromatic carbocycles. The van der Waals surface area contributed by atoms with Gasteiger partial charge in [0.25, 0.3) is 11.8 Å². The molecule has 2 saturated heterocycles. The van der Waals surface area contributed by atoms with Crippen molar-refractivity contribution >= 4 is 34.7 Å². The molecule has 1 aromatic heterocycles. The van der Waals surface area contributed by atoms with Gasteiger partial charge in [0.1, 0.15) is 0 Å². The summed E-state index contributed by atoms with van der Waals surface area (Å²) in [6.45, 7) is 4.60. The molecule has 2 fully saturated rings. The van der Waals surface area contributed by atoms with Gasteiger partial charge < -0.3 is 15.1 Å². The van der Waals surface area contributed by atoms with Crippen molar-refractivity contribution in [2.24, 2.45) is 5.92 Å². The lowest BCUT2D eigenvalue weighted by Crippen LogP contribution is -2.47. The third-order valence-corrected chi connectivity index (χ3v) is 7.00. The molecular weight excluding hydrogens is 426 g/mol. The average Bonchev–Trinajstić information content (AvgIpc) is 3.15. The molecule has 9 heteroatoms. The molecule has 8 nitrogen and oxygen atoms in total. The van der Waals surface area contributed by atoms with E-state index in [0.29, 0.717) is 18.8 Å². The van der Waals surface area contributed by atoms with Crippen LogP contribution in [0.2, 0.25) is 0 Å². The summed E-state index contributed by atoms with van der Waals surface area (Å²) in [6, 6.07) is 7.44. The maximum absolute atomic E-state index is 13.0. The number of anilines is 1. The van der Waals surface area contributed by atoms with Gasteiger partial charge in [0.05, 0.1) is 5.92 Å². The third-order valence-electron chi connectivity index (χ3n) is 6.09. The number of rotatable bonds is 4. The van der Waals surface area contributed by atoms with Crippen LogP contribution >= 0.6 is 11.3 Å². The predicted molar refractivity (Wildman–Crippen MR) is 123 cm³/mol. The second-order valence-corrected chi connectivity index (χ2v) is 9.54. The Morgan fingerprint density at radius 3 is 2.28 bits per heavy atom. The minimum absolute atomic E-state index is 0.142. The van der Waals surface area contributed by atoms with Gasteiger partial charge in [-0.15, -0.1) is 10.2 Å². The monoisotopic (exact) mass is 455 g/mol. The van der Waals surface area contributed by atoms with Gasteiger partial charge in [-0.25, -0.2) is 0 Å². The van der Waals surface area contributed by atoms with Gasteiger partial charge in [-0.2, -0.15) is 0 Å². The summed E-state index contributed by atoms with van der Waals surface area (Å²) < 4.78 is 0. The van der Waals surface area contributed by atoms with Gasteiger partial charge in [0, 0.05) is 31.9 Å². The van der Waals surface area contributed by atoms with Gasteiger partial charge in [-0.1, -0.05) is 41.9 Å². The van der Waals surface area contributed by atoms with Crippen LogP contribution in [0.3, 0.4) is 0 Å². The number of aromatic nitrogens is 2. The van der Waals surface area contributed by atoms with E-state index in [0.717, 1.165) is 55.7 Å². The third kappa shape index (κ3) is 5.32. The van der Waals surface area contributed by atoms with E-state index in [9.17, 15) is 14.4 Å². The fourth-order valence-corrected chi connectivity index (χ4v) is 4.98. The smallest absolute Gasteiger partial charge is 0.286 e. The Balaban J connectivity index is 1.37. The van der Waals surface area contributed by atoms with Crippen molar-refractivity contribution in [2.45, 2.75) is 45.4 Å². The summed E-state index contributed by atoms with van der Waals surface area (Å²) in [5.74, 6) is -0.647. The largest absolute Gasteiger partial charge is 0.342 e. The van der Waals surface area contributed by atoms with Crippen LogP contribution in [0.25, 0.3) is 0 Å². The standard InChI is InChI=1S/C23H29N5O3S/c1-16-8-10-18(11-9-16)24-19(29)20-25-26-21(32-20)23(31)28-14-6-7-17(15-28)22(30)27-12-4-2-3-5-13-27/h8-11,17H,2-7,12-15H2,1H3,(H,24,29). The van der Waals surface area contributed by atoms with E-state index in [2.05, 4.69) is 15.5 Å². The lowest BCUT2D eigenvalue weighted by molar-refractivity contribution is -0.136. The first kappa shape index (κ1) is 22.4. The van der Waals surface area contributed by atoms with Crippen molar-refractivity contribution in [1.82, 2.24) is 20.0 Å². The number of benzene rings is 1. The van der Waals surface area contributed by atoms with Crippen molar-refractivity contribution in [1.29, 1.82) is 0 Å². The van der Waals surface area contributed by atoms with Crippen LogP contribution in [0.4, 0.5) is 5.69 Å². The van der Waals surface area contributed by atoms with Crippen LogP contribution in [0.5, 0.6) is 0 Å². The fourth-order valence-electron chi connectivity index (χ4n) is 4.27. The fraction of sp³-hybridized carbons (Fsp3) is 0.522. The molecule has 1 unspecified atom stereocenters. The maximum atomic E-state index is 13.0. The summed E-state index contributed by atoms with van der Waals surface area (Å²) in [5, 5.41) is 11.0. The Labute approximate surface area is 192 Å². The van der Waals surface area contributed by atoms with E-state index in [-0.39, 0.29) is 27.7 Å². The zero-order chi connectivity index (χ0) is 22.5. The average molecular weight is 456 g/mol. The molecule has 0 radical (unpaired) electrons. The molecule has 32 heavy (non-hydrogen) atoms. The topological polar surface area (TPSA) is 95.5 Å². The molecular formula is C23H29N5O3S. The molecule has 1 atom stereocenters. The first-order valence-corrected chi connectivity index (χ1v) is 12.1. The second kappa shape index (κ2) is 10.2. The zero-order valence-corrected chi connectivity index (χ0v) is 19.2. The Bertz CT molecular complexity index is 966. The highest BCUT2D eigenvalue weighted by Gasteiger charge is 2.33. The van der Waals surface area contributed by atoms with Gasteiger partial charge in [-0.05, 0) is 44.7 Å². The molecule has 0 aliphatic carbocycles. The predicted octanol–water partition coefficient (Wildman–Crippen LogP) is 3.35. The molecule has 170 valence electrons. The maximum Gasteiger partial charge on any atom is 0.286 e. The minimum atomic E-state index is -0.390. The van der Waals surface area contributed by atoms with Crippen LogP contribution in [0.15, 0.2) is 24.3 Å². The first-order chi connectivity index (χ1) is 15.5. The van der Waals surface area contributed by atoms with E-state index < -0.39 is 5.91 Å². The number of aryl methyl sites for hydroxylation is 1. The van der Waals surface area contributed by atoms with E-state index in [4.69, 9.17) is 0 Å². The summed E-state index contributed by atoms with van der Waals surface area (Å²) in [4.78, 5) is 42.2. The number of hydrogen-bond donors (Lipinski definition) is 1. The Morgan fingerprint density at radius 2 is 1.56 bits per heavy atom. The van der Waals surface area contributed by atoms with Crippen LogP contribution in [-0.2, 0) is 4.79 Å². The highest BCUT2D eigenvalue weighted by molar-refractivity contribution is 7.15. The summed E-state index contributed by atoms with van der Waals surface area (Å²) in [5.41, 5.74) is 1.76. The first-order valence-electron chi connectivity index (χ1n) is 11.3. The van der Waals surface area contributed by atoms with Crippen molar-refractivity contribution in [3.63, 3.8) is 0 Å². The van der Waals surface area contributed by atoms with Crippen molar-refractivity contribution in [3.8, 4) is 0 Å². The second-order valence-electron chi connectivity index (χ2n) is 8.56. The number of nitrogens with zero attached hydrogens (tertiary/aromatic N) is 4. The SMILES string of the molecule is Cc1ccc(NC(=O)c2nnc(C(=O)N3CCCC(C(=O)N4CCCCCC4)C3)s2)cc1. The summed E-state index contributed by atoms with van der Waals surface area (Å²) in [7, 11) is 0. The Morgan fingerprint density at radius 1 is 0.906 bits per heavy atom. The number of carbonyl (C=O) groups is 3. The van der Waals surface area contributed by atoms with Crippen LogP contribution in [0.1, 0.15) is 63.7 Å². The lowest BCUT2D eigenvalue weighted by Gasteiger charge is -2.34. The van der Waals surface area contributed by atoms with Gasteiger partial charge in [0.2, 0.25) is 15.9 Å². The molecule has 0 saturated carbocycles. The quantitative estimate of drug-likeness (QED) is 0.763. The molecule has 0 spiro atoms. The zero-order valence-electron chi connectivity index (χ0n) is 18.4. The molecule has 2 aromatic rings. The molecule has 1 N–H and O–H groups in total. The number of likely N-dealkylation sites (tertiary alicyclic amines) is 2. The van der Waals surface area contributed by atoms with Crippen molar-refractivity contribution < 1.29 is 14.4 Å². The number of nitrogens with one attached hydrogen (secondary N) is 1. The molecule has 0 bridgehead atoms. The van der Waals surface area contributed by atoms with E-state index in [1.165, 1.54) is 12.8 Å². The molecule has 4 rings (SSSR count). The van der Waals surface area contributed by atoms with Gasteiger partial charge >= 0.3 is 0 Å². The summed E-state index contributed by atoms with van der Waals surface area (Å²) in [6.07, 6.45) is 6.06. The van der Waals surface area contributed by atoms with Gasteiger partial charge in [0.15, 0.2) is 0 Å². The Kier molecular flexibility index (Phi) is 7.14. The minimum Gasteiger partial charge on any atom is -0.342 e. The van der Waals surface area contributed by atoms with E-state index in [1.54, 1.807) is 4.90 Å². The normalized spacial score (nSPS) is 19.3. The molecule has 2 aliphatic heterocycles. The van der Waals surface area contributed by atoms with Crippen molar-refractivity contribution in [2.75, 3.05) is 31.5 Å². The number of piperidine rings is 1. The van der Waals surface area contributed by atoms with Crippen LogP contribution < -0.4 is 5.32 Å². The summed E-state index contributed by atoms with van der Waals surface area (Å²) >= 11 is 0.985. The van der Waals surface area contributed by atoms with E-state index >= 15 is 0 Å².